The minimum atomic E-state index is -3.71. The van der Waals surface area contributed by atoms with Crippen molar-refractivity contribution in [3.8, 4) is 22.3 Å². The summed E-state index contributed by atoms with van der Waals surface area (Å²) in [6.45, 7) is 2.26. The second-order valence-electron chi connectivity index (χ2n) is 10.3. The number of carbonyl (C=O) groups is 1. The molecule has 1 saturated heterocycles. The van der Waals surface area contributed by atoms with Crippen molar-refractivity contribution in [1.29, 1.82) is 0 Å². The van der Waals surface area contributed by atoms with Gasteiger partial charge in [0.15, 0.2) is 0 Å². The Labute approximate surface area is 252 Å². The second-order valence-corrected chi connectivity index (χ2v) is 13.0. The lowest BCUT2D eigenvalue weighted by molar-refractivity contribution is 0.0303. The number of fused-ring (bicyclic) bond motifs is 3. The van der Waals surface area contributed by atoms with Crippen LogP contribution in [-0.4, -0.2) is 67.5 Å². The zero-order valence-corrected chi connectivity index (χ0v) is 24.9. The molecule has 0 radical (unpaired) electrons. The first-order chi connectivity index (χ1) is 20.9. The maximum Gasteiger partial charge on any atom is 0.264 e. The molecular formula is C32H27N5O4S2. The number of nitrogens with one attached hydrogen (secondary N) is 1. The van der Waals surface area contributed by atoms with Crippen molar-refractivity contribution in [1.82, 2.24) is 19.9 Å². The average molecular weight is 610 g/mol. The van der Waals surface area contributed by atoms with Gasteiger partial charge in [0.1, 0.15) is 5.65 Å². The van der Waals surface area contributed by atoms with Crippen LogP contribution in [0.4, 0.5) is 5.69 Å². The Morgan fingerprint density at radius 1 is 1.00 bits per heavy atom. The largest absolute Gasteiger partial charge is 0.378 e. The quantitative estimate of drug-likeness (QED) is 0.256. The summed E-state index contributed by atoms with van der Waals surface area (Å²) in [4.78, 5) is 27.5. The Morgan fingerprint density at radius 2 is 1.77 bits per heavy atom. The SMILES string of the molecule is CN(c1ccc2[nH]c3ncc(-c4ccc(C(=O)N5CCOCC5)cc4)c(-c4ccncc4)c3c2c1)S(=O)(=O)c1ccsc1. The van der Waals surface area contributed by atoms with Crippen LogP contribution in [0.2, 0.25) is 0 Å². The molecule has 7 rings (SSSR count). The van der Waals surface area contributed by atoms with E-state index in [2.05, 4.69) is 9.97 Å². The third-order valence-corrected chi connectivity index (χ3v) is 10.4. The summed E-state index contributed by atoms with van der Waals surface area (Å²) in [5, 5.41) is 5.10. The first kappa shape index (κ1) is 27.3. The van der Waals surface area contributed by atoms with E-state index in [-0.39, 0.29) is 10.8 Å². The molecule has 6 aromatic rings. The summed E-state index contributed by atoms with van der Waals surface area (Å²) in [5.41, 5.74) is 6.35. The van der Waals surface area contributed by atoms with E-state index in [0.29, 0.717) is 43.2 Å². The van der Waals surface area contributed by atoms with Crippen molar-refractivity contribution in [3.63, 3.8) is 0 Å². The van der Waals surface area contributed by atoms with Crippen LogP contribution in [0.5, 0.6) is 0 Å². The highest BCUT2D eigenvalue weighted by Crippen LogP contribution is 2.41. The summed E-state index contributed by atoms with van der Waals surface area (Å²) >= 11 is 1.34. The number of morpholine rings is 1. The van der Waals surface area contributed by atoms with Gasteiger partial charge in [-0.15, -0.1) is 0 Å². The molecular weight excluding hydrogens is 583 g/mol. The fourth-order valence-corrected chi connectivity index (χ4v) is 7.72. The molecule has 0 bridgehead atoms. The summed E-state index contributed by atoms with van der Waals surface area (Å²) in [5.74, 6) is -0.0107. The highest BCUT2D eigenvalue weighted by molar-refractivity contribution is 7.93. The summed E-state index contributed by atoms with van der Waals surface area (Å²) < 4.78 is 33.3. The minimum Gasteiger partial charge on any atom is -0.378 e. The molecule has 0 aliphatic carbocycles. The number of thiophene rings is 1. The van der Waals surface area contributed by atoms with Gasteiger partial charge >= 0.3 is 0 Å². The number of amides is 1. The van der Waals surface area contributed by atoms with Crippen LogP contribution >= 0.6 is 11.3 Å². The minimum absolute atomic E-state index is 0.0107. The highest BCUT2D eigenvalue weighted by atomic mass is 32.2. The molecule has 2 aromatic carbocycles. The fraction of sp³-hybridized carbons (Fsp3) is 0.156. The third-order valence-electron chi connectivity index (χ3n) is 7.83. The normalized spacial score (nSPS) is 13.9. The van der Waals surface area contributed by atoms with Crippen LogP contribution < -0.4 is 4.31 Å². The molecule has 0 atom stereocenters. The van der Waals surface area contributed by atoms with Gasteiger partial charge in [0, 0.05) is 77.1 Å². The topological polar surface area (TPSA) is 108 Å². The Kier molecular flexibility index (Phi) is 6.92. The van der Waals surface area contributed by atoms with Crippen LogP contribution in [0.3, 0.4) is 0 Å². The van der Waals surface area contributed by atoms with E-state index in [0.717, 1.165) is 38.5 Å². The van der Waals surface area contributed by atoms with Crippen molar-refractivity contribution in [2.75, 3.05) is 37.7 Å². The molecule has 9 nitrogen and oxygen atoms in total. The van der Waals surface area contributed by atoms with Gasteiger partial charge in [-0.3, -0.25) is 14.1 Å². The van der Waals surface area contributed by atoms with Gasteiger partial charge in [-0.1, -0.05) is 12.1 Å². The van der Waals surface area contributed by atoms with Gasteiger partial charge in [-0.2, -0.15) is 11.3 Å². The number of aromatic amines is 1. The number of H-pyrrole nitrogens is 1. The van der Waals surface area contributed by atoms with Crippen LogP contribution in [0.15, 0.2) is 94.9 Å². The van der Waals surface area contributed by atoms with E-state index in [1.807, 2.05) is 59.6 Å². The number of hydrogen-bond acceptors (Lipinski definition) is 7. The van der Waals surface area contributed by atoms with E-state index in [1.165, 1.54) is 15.6 Å². The molecule has 0 spiro atoms. The first-order valence-corrected chi connectivity index (χ1v) is 16.1. The lowest BCUT2D eigenvalue weighted by atomic mass is 9.92. The average Bonchev–Trinajstić information content (AvgIpc) is 3.74. The van der Waals surface area contributed by atoms with E-state index in [4.69, 9.17) is 9.72 Å². The molecule has 216 valence electrons. The lowest BCUT2D eigenvalue weighted by Gasteiger charge is -2.26. The monoisotopic (exact) mass is 609 g/mol. The van der Waals surface area contributed by atoms with Gasteiger partial charge in [-0.25, -0.2) is 13.4 Å². The van der Waals surface area contributed by atoms with Crippen molar-refractivity contribution in [2.24, 2.45) is 0 Å². The molecule has 0 saturated carbocycles. The Morgan fingerprint density at radius 3 is 2.49 bits per heavy atom. The van der Waals surface area contributed by atoms with Crippen LogP contribution in [0.25, 0.3) is 44.2 Å². The number of nitrogens with zero attached hydrogens (tertiary/aromatic N) is 4. The van der Waals surface area contributed by atoms with Crippen LogP contribution in [0, 0.1) is 0 Å². The smallest absolute Gasteiger partial charge is 0.264 e. The summed E-state index contributed by atoms with van der Waals surface area (Å²) in [7, 11) is -2.15. The predicted octanol–water partition coefficient (Wildman–Crippen LogP) is 5.80. The number of anilines is 1. The van der Waals surface area contributed by atoms with E-state index >= 15 is 0 Å². The number of carbonyl (C=O) groups excluding carboxylic acids is 1. The van der Waals surface area contributed by atoms with Gasteiger partial charge in [0.25, 0.3) is 15.9 Å². The molecule has 11 heteroatoms. The van der Waals surface area contributed by atoms with Crippen LogP contribution in [0.1, 0.15) is 10.4 Å². The number of ether oxygens (including phenoxy) is 1. The molecule has 1 amide bonds. The Bertz CT molecular complexity index is 2050. The van der Waals surface area contributed by atoms with Crippen molar-refractivity contribution >= 4 is 54.9 Å². The zero-order chi connectivity index (χ0) is 29.6. The second kappa shape index (κ2) is 10.9. The van der Waals surface area contributed by atoms with Gasteiger partial charge in [0.2, 0.25) is 0 Å². The fourth-order valence-electron chi connectivity index (χ4n) is 5.51. The maximum atomic E-state index is 13.3. The summed E-state index contributed by atoms with van der Waals surface area (Å²) in [6, 6.07) is 18.7. The number of rotatable bonds is 6. The number of pyridine rings is 2. The molecule has 1 fully saturated rings. The molecule has 0 unspecified atom stereocenters. The van der Waals surface area contributed by atoms with Crippen molar-refractivity contribution in [3.05, 3.63) is 95.6 Å². The number of benzene rings is 2. The molecule has 4 aromatic heterocycles. The highest BCUT2D eigenvalue weighted by Gasteiger charge is 2.24. The van der Waals surface area contributed by atoms with E-state index < -0.39 is 10.0 Å². The van der Waals surface area contributed by atoms with E-state index in [9.17, 15) is 13.2 Å². The van der Waals surface area contributed by atoms with Crippen LogP contribution in [-0.2, 0) is 14.8 Å². The van der Waals surface area contributed by atoms with Gasteiger partial charge in [0.05, 0.1) is 23.8 Å². The van der Waals surface area contributed by atoms with Gasteiger partial charge < -0.3 is 14.6 Å². The standard InChI is InChI=1S/C32H27N5O4S2/c1-36(43(39,40)25-10-17-42-20-25)24-6-7-28-26(18-24)30-29(22-8-11-33-12-9-22)27(19-34-31(30)35-28)21-2-4-23(5-3-21)32(38)37-13-15-41-16-14-37/h2-12,17-20H,13-16H2,1H3,(H,34,35). The molecule has 5 heterocycles. The Hall–Kier alpha value is -4.58. The molecule has 1 aliphatic heterocycles. The zero-order valence-electron chi connectivity index (χ0n) is 23.2. The van der Waals surface area contributed by atoms with Crippen molar-refractivity contribution < 1.29 is 17.9 Å². The predicted molar refractivity (Wildman–Crippen MR) is 169 cm³/mol. The number of hydrogen-bond donors (Lipinski definition) is 1. The summed E-state index contributed by atoms with van der Waals surface area (Å²) in [6.07, 6.45) is 5.33. The first-order valence-electron chi connectivity index (χ1n) is 13.8. The van der Waals surface area contributed by atoms with Crippen molar-refractivity contribution in [2.45, 2.75) is 4.90 Å². The lowest BCUT2D eigenvalue weighted by Crippen LogP contribution is -2.40. The molecule has 1 N–H and O–H groups in total. The third kappa shape index (κ3) is 4.85. The molecule has 43 heavy (non-hydrogen) atoms. The number of sulfonamides is 1. The number of aromatic nitrogens is 3. The van der Waals surface area contributed by atoms with Gasteiger partial charge in [-0.05, 0) is 65.0 Å². The Balaban J connectivity index is 1.37. The molecule has 1 aliphatic rings. The maximum absolute atomic E-state index is 13.3. The van der Waals surface area contributed by atoms with E-state index in [1.54, 1.807) is 42.3 Å².